The van der Waals surface area contributed by atoms with Gasteiger partial charge in [0.2, 0.25) is 0 Å². The van der Waals surface area contributed by atoms with Crippen molar-refractivity contribution in [2.24, 2.45) is 5.92 Å². The molecular formula is C14H15F3O6S. The van der Waals surface area contributed by atoms with Gasteiger partial charge in [0, 0.05) is 5.92 Å². The van der Waals surface area contributed by atoms with Crippen LogP contribution in [0, 0.1) is 5.92 Å². The highest BCUT2D eigenvalue weighted by Gasteiger charge is 2.66. The Balaban J connectivity index is 1.95. The number of rotatable bonds is 2. The molecule has 0 aromatic heterocycles. The fraction of sp³-hybridized carbons (Fsp3) is 0.643. The summed E-state index contributed by atoms with van der Waals surface area (Å²) >= 11 is 0. The van der Waals surface area contributed by atoms with Gasteiger partial charge in [-0.3, -0.25) is 4.79 Å². The minimum atomic E-state index is -5.80. The Morgan fingerprint density at radius 1 is 1.33 bits per heavy atom. The molecule has 2 aliphatic heterocycles. The van der Waals surface area contributed by atoms with Gasteiger partial charge < -0.3 is 13.7 Å². The molecule has 10 heteroatoms. The van der Waals surface area contributed by atoms with Gasteiger partial charge in [-0.1, -0.05) is 12.2 Å². The fourth-order valence-electron chi connectivity index (χ4n) is 3.58. The fourth-order valence-corrected chi connectivity index (χ4v) is 4.07. The van der Waals surface area contributed by atoms with Crippen LogP contribution in [0.3, 0.4) is 0 Å². The third-order valence-electron chi connectivity index (χ3n) is 4.46. The maximum Gasteiger partial charge on any atom is 0.534 e. The molecule has 3 atom stereocenters. The van der Waals surface area contributed by atoms with Crippen LogP contribution in [0.1, 0.15) is 26.7 Å². The van der Waals surface area contributed by atoms with Crippen LogP contribution < -0.4 is 0 Å². The summed E-state index contributed by atoms with van der Waals surface area (Å²) in [6.07, 6.45) is 3.10. The molecule has 0 aromatic carbocycles. The van der Waals surface area contributed by atoms with E-state index in [2.05, 4.69) is 4.18 Å². The molecule has 3 rings (SSSR count). The van der Waals surface area contributed by atoms with E-state index in [1.807, 2.05) is 0 Å². The van der Waals surface area contributed by atoms with E-state index < -0.39 is 50.6 Å². The maximum atomic E-state index is 12.5. The van der Waals surface area contributed by atoms with Crippen LogP contribution in [-0.2, 0) is 28.6 Å². The van der Waals surface area contributed by atoms with E-state index in [0.717, 1.165) is 6.08 Å². The van der Waals surface area contributed by atoms with Crippen molar-refractivity contribution in [1.29, 1.82) is 0 Å². The highest BCUT2D eigenvalue weighted by molar-refractivity contribution is 7.87. The first-order chi connectivity index (χ1) is 10.9. The van der Waals surface area contributed by atoms with Crippen LogP contribution >= 0.6 is 0 Å². The molecule has 0 radical (unpaired) electrons. The van der Waals surface area contributed by atoms with E-state index in [-0.39, 0.29) is 12.8 Å². The third kappa shape index (κ3) is 2.52. The number of ether oxygens (including phenoxy) is 2. The molecular weight excluding hydrogens is 353 g/mol. The second kappa shape index (κ2) is 4.98. The van der Waals surface area contributed by atoms with E-state index in [1.54, 1.807) is 19.9 Å². The summed E-state index contributed by atoms with van der Waals surface area (Å²) in [7, 11) is -5.80. The molecule has 2 saturated heterocycles. The molecule has 1 aliphatic carbocycles. The van der Waals surface area contributed by atoms with Crippen LogP contribution in [0.4, 0.5) is 13.2 Å². The molecule has 0 aromatic rings. The zero-order valence-corrected chi connectivity index (χ0v) is 13.6. The largest absolute Gasteiger partial charge is 0.534 e. The summed E-state index contributed by atoms with van der Waals surface area (Å²) in [4.78, 5) is 11.7. The Hall–Kier alpha value is -1.55. The van der Waals surface area contributed by atoms with Crippen molar-refractivity contribution in [1.82, 2.24) is 0 Å². The van der Waals surface area contributed by atoms with Crippen molar-refractivity contribution >= 4 is 16.1 Å². The number of carbonyl (C=O) groups excluding carboxylic acids is 1. The van der Waals surface area contributed by atoms with Gasteiger partial charge >= 0.3 is 21.6 Å². The summed E-state index contributed by atoms with van der Waals surface area (Å²) in [6, 6.07) is 0. The van der Waals surface area contributed by atoms with Crippen molar-refractivity contribution in [2.45, 2.75) is 49.5 Å². The van der Waals surface area contributed by atoms with E-state index in [9.17, 15) is 26.4 Å². The Kier molecular flexibility index (Phi) is 3.58. The first kappa shape index (κ1) is 17.3. The average molecular weight is 368 g/mol. The van der Waals surface area contributed by atoms with Crippen LogP contribution in [0.25, 0.3) is 0 Å². The lowest BCUT2D eigenvalue weighted by Gasteiger charge is -2.33. The Bertz CT molecular complexity index is 736. The van der Waals surface area contributed by atoms with E-state index in [1.165, 1.54) is 6.08 Å². The van der Waals surface area contributed by atoms with Crippen LogP contribution in [0.5, 0.6) is 0 Å². The molecule has 2 fully saturated rings. The number of allylic oxidation sites excluding steroid dienone is 2. The SMILES string of the molecule is CC1(C)O[C@@H]2CC(=O)O[C@@]23CC(OS(=O)(=O)C(F)(F)F)=CC=C[C@@H]13. The summed E-state index contributed by atoms with van der Waals surface area (Å²) < 4.78 is 75.6. The number of esters is 1. The molecule has 6 nitrogen and oxygen atoms in total. The minimum absolute atomic E-state index is 0.0485. The molecule has 0 saturated carbocycles. The second-order valence-electron chi connectivity index (χ2n) is 6.50. The zero-order chi connectivity index (χ0) is 18.0. The predicted octanol–water partition coefficient (Wildman–Crippen LogP) is 2.18. The lowest BCUT2D eigenvalue weighted by atomic mass is 9.76. The van der Waals surface area contributed by atoms with Gasteiger partial charge in [0.25, 0.3) is 0 Å². The molecule has 3 aliphatic rings. The molecule has 0 bridgehead atoms. The molecule has 1 spiro atoms. The normalized spacial score (nSPS) is 34.9. The number of carbonyl (C=O) groups is 1. The first-order valence-electron chi connectivity index (χ1n) is 7.15. The zero-order valence-electron chi connectivity index (χ0n) is 12.8. The lowest BCUT2D eigenvalue weighted by molar-refractivity contribution is -0.151. The van der Waals surface area contributed by atoms with Gasteiger partial charge in [-0.05, 0) is 19.9 Å². The van der Waals surface area contributed by atoms with E-state index in [0.29, 0.717) is 0 Å². The predicted molar refractivity (Wildman–Crippen MR) is 73.8 cm³/mol. The second-order valence-corrected chi connectivity index (χ2v) is 8.04. The summed E-state index contributed by atoms with van der Waals surface area (Å²) in [5.74, 6) is -1.45. The summed E-state index contributed by atoms with van der Waals surface area (Å²) in [5.41, 5.74) is -7.55. The monoisotopic (exact) mass is 368 g/mol. The van der Waals surface area contributed by atoms with E-state index in [4.69, 9.17) is 9.47 Å². The van der Waals surface area contributed by atoms with Crippen LogP contribution in [-0.4, -0.2) is 37.2 Å². The van der Waals surface area contributed by atoms with Crippen molar-refractivity contribution < 1.29 is 40.0 Å². The van der Waals surface area contributed by atoms with Gasteiger partial charge in [-0.25, -0.2) is 0 Å². The van der Waals surface area contributed by atoms with Gasteiger partial charge in [0.15, 0.2) is 5.60 Å². The van der Waals surface area contributed by atoms with Crippen molar-refractivity contribution in [3.05, 3.63) is 24.0 Å². The number of alkyl halides is 3. The lowest BCUT2D eigenvalue weighted by Crippen LogP contribution is -2.44. The molecule has 0 amide bonds. The molecule has 134 valence electrons. The summed E-state index contributed by atoms with van der Waals surface area (Å²) in [6.45, 7) is 3.54. The molecule has 0 unspecified atom stereocenters. The molecule has 2 heterocycles. The van der Waals surface area contributed by atoms with Crippen molar-refractivity contribution in [3.63, 3.8) is 0 Å². The third-order valence-corrected chi connectivity index (χ3v) is 5.46. The number of hydrogen-bond acceptors (Lipinski definition) is 6. The first-order valence-corrected chi connectivity index (χ1v) is 8.56. The van der Waals surface area contributed by atoms with Gasteiger partial charge in [0.1, 0.15) is 11.9 Å². The minimum Gasteiger partial charge on any atom is -0.455 e. The average Bonchev–Trinajstić information content (AvgIpc) is 2.68. The standard InChI is InChI=1S/C14H15F3O6S/c1-12(2)9-5-3-4-8(23-24(19,20)14(15,16)17)7-13(9)10(21-12)6-11(18)22-13/h3-5,9-10H,6-7H2,1-2H3/t9-,10+,13+/m0/s1. The summed E-state index contributed by atoms with van der Waals surface area (Å²) in [5, 5.41) is 0. The Morgan fingerprint density at radius 3 is 2.62 bits per heavy atom. The highest BCUT2D eigenvalue weighted by Crippen LogP contribution is 2.54. The molecule has 24 heavy (non-hydrogen) atoms. The topological polar surface area (TPSA) is 78.9 Å². The number of hydrogen-bond donors (Lipinski definition) is 0. The van der Waals surface area contributed by atoms with Gasteiger partial charge in [-0.2, -0.15) is 21.6 Å². The quantitative estimate of drug-likeness (QED) is 0.422. The van der Waals surface area contributed by atoms with Crippen molar-refractivity contribution in [3.8, 4) is 0 Å². The highest BCUT2D eigenvalue weighted by atomic mass is 32.2. The van der Waals surface area contributed by atoms with Gasteiger partial charge in [-0.15, -0.1) is 0 Å². The Morgan fingerprint density at radius 2 is 2.00 bits per heavy atom. The Labute approximate surface area is 136 Å². The van der Waals surface area contributed by atoms with Gasteiger partial charge in [0.05, 0.1) is 18.4 Å². The van der Waals surface area contributed by atoms with Crippen LogP contribution in [0.15, 0.2) is 24.0 Å². The molecule has 0 N–H and O–H groups in total. The number of halogens is 3. The van der Waals surface area contributed by atoms with Crippen LogP contribution in [0.2, 0.25) is 0 Å². The van der Waals surface area contributed by atoms with Crippen molar-refractivity contribution in [2.75, 3.05) is 0 Å². The van der Waals surface area contributed by atoms with E-state index >= 15 is 0 Å². The smallest absolute Gasteiger partial charge is 0.455 e. The maximum absolute atomic E-state index is 12.5.